The van der Waals surface area contributed by atoms with E-state index in [9.17, 15) is 14.9 Å². The second-order valence-corrected chi connectivity index (χ2v) is 13.7. The van der Waals surface area contributed by atoms with Crippen molar-refractivity contribution in [2.45, 2.75) is 49.8 Å². The zero-order valence-electron chi connectivity index (χ0n) is 23.0. The highest BCUT2D eigenvalue weighted by molar-refractivity contribution is 7.99. The van der Waals surface area contributed by atoms with Gasteiger partial charge in [0, 0.05) is 32.8 Å². The van der Waals surface area contributed by atoms with E-state index in [4.69, 9.17) is 16.6 Å². The Bertz CT molecular complexity index is 1610. The lowest BCUT2D eigenvalue weighted by Gasteiger charge is -2.33. The maximum atomic E-state index is 13.6. The van der Waals surface area contributed by atoms with Gasteiger partial charge in [0.1, 0.15) is 5.00 Å². The molecule has 6 nitrogen and oxygen atoms in total. The Morgan fingerprint density at radius 1 is 1.12 bits per heavy atom. The Kier molecular flexibility index (Phi) is 8.63. The molecule has 9 heteroatoms. The Hall–Kier alpha value is -3.46. The molecule has 1 aliphatic rings. The molecule has 1 N–H and O–H groups in total. The Balaban J connectivity index is 1.47. The van der Waals surface area contributed by atoms with Gasteiger partial charge in [-0.25, -0.2) is 4.99 Å². The van der Waals surface area contributed by atoms with Crippen molar-refractivity contribution in [1.29, 1.82) is 0 Å². The van der Waals surface area contributed by atoms with Crippen molar-refractivity contribution in [2.24, 2.45) is 16.3 Å². The minimum absolute atomic E-state index is 0.00515. The number of para-hydroxylation sites is 1. The topological polar surface area (TPSA) is 84.6 Å². The molecule has 0 fully saturated rings. The molecule has 3 aromatic carbocycles. The van der Waals surface area contributed by atoms with E-state index in [2.05, 4.69) is 26.1 Å². The lowest BCUT2D eigenvalue weighted by atomic mass is 9.72. The Labute approximate surface area is 253 Å². The number of carbonyl (C=O) groups excluding carboxylic acids is 1. The predicted molar refractivity (Wildman–Crippen MR) is 170 cm³/mol. The minimum Gasteiger partial charge on any atom is -0.322 e. The molecule has 0 unspecified atom stereocenters. The average Bonchev–Trinajstić information content (AvgIpc) is 3.31. The summed E-state index contributed by atoms with van der Waals surface area (Å²) in [5.74, 6) is 0.333. The largest absolute Gasteiger partial charge is 0.322 e. The number of thiophene rings is 1. The van der Waals surface area contributed by atoms with Gasteiger partial charge in [-0.05, 0) is 84.2 Å². The van der Waals surface area contributed by atoms with E-state index in [0.717, 1.165) is 35.4 Å². The summed E-state index contributed by atoms with van der Waals surface area (Å²) in [4.78, 5) is 32.4. The Morgan fingerprint density at radius 2 is 1.85 bits per heavy atom. The number of rotatable bonds is 7. The van der Waals surface area contributed by atoms with Crippen LogP contribution in [0.25, 0.3) is 0 Å². The van der Waals surface area contributed by atoms with Crippen LogP contribution in [0.2, 0.25) is 5.02 Å². The number of hydrogen-bond donors (Lipinski definition) is 1. The number of benzene rings is 3. The van der Waals surface area contributed by atoms with Crippen molar-refractivity contribution in [3.8, 4) is 0 Å². The van der Waals surface area contributed by atoms with Gasteiger partial charge >= 0.3 is 0 Å². The summed E-state index contributed by atoms with van der Waals surface area (Å²) in [5, 5.41) is 16.2. The number of aliphatic imine (C=N–C) groups is 1. The summed E-state index contributed by atoms with van der Waals surface area (Å²) < 4.78 is 0. The smallest absolute Gasteiger partial charge is 0.283 e. The third kappa shape index (κ3) is 6.89. The first kappa shape index (κ1) is 29.0. The summed E-state index contributed by atoms with van der Waals surface area (Å²) in [6.07, 6.45) is 4.36. The third-order valence-electron chi connectivity index (χ3n) is 7.28. The van der Waals surface area contributed by atoms with E-state index < -0.39 is 0 Å². The molecule has 0 spiro atoms. The fourth-order valence-electron chi connectivity index (χ4n) is 4.96. The highest BCUT2D eigenvalue weighted by atomic mass is 35.5. The molecule has 4 aromatic rings. The molecule has 0 radical (unpaired) electrons. The highest BCUT2D eigenvalue weighted by Gasteiger charge is 2.33. The number of carbonyl (C=O) groups is 1. The van der Waals surface area contributed by atoms with Crippen molar-refractivity contribution < 1.29 is 9.72 Å². The van der Waals surface area contributed by atoms with Crippen molar-refractivity contribution >= 4 is 63.2 Å². The molecule has 1 heterocycles. The van der Waals surface area contributed by atoms with Gasteiger partial charge in [0.2, 0.25) is 0 Å². The number of nitro groups is 1. The molecule has 1 aliphatic carbocycles. The molecule has 5 rings (SSSR count). The van der Waals surface area contributed by atoms with Gasteiger partial charge in [0.25, 0.3) is 11.6 Å². The van der Waals surface area contributed by atoms with Crippen LogP contribution in [0.15, 0.2) is 87.6 Å². The molecule has 210 valence electrons. The van der Waals surface area contributed by atoms with Gasteiger partial charge < -0.3 is 5.32 Å². The number of nitro benzene ring substituents is 1. The normalized spacial score (nSPS) is 15.1. The van der Waals surface area contributed by atoms with E-state index in [1.165, 1.54) is 22.7 Å². The van der Waals surface area contributed by atoms with E-state index >= 15 is 0 Å². The first-order valence-electron chi connectivity index (χ1n) is 13.4. The number of anilines is 1. The van der Waals surface area contributed by atoms with E-state index in [1.54, 1.807) is 35.8 Å². The maximum Gasteiger partial charge on any atom is 0.283 e. The summed E-state index contributed by atoms with van der Waals surface area (Å²) in [7, 11) is 0. The monoisotopic (exact) mass is 603 g/mol. The van der Waals surface area contributed by atoms with Gasteiger partial charge in [0.05, 0.1) is 15.4 Å². The van der Waals surface area contributed by atoms with Gasteiger partial charge in [-0.15, -0.1) is 11.3 Å². The molecular formula is C32H30ClN3O3S2. The number of amides is 1. The first-order chi connectivity index (χ1) is 19.6. The summed E-state index contributed by atoms with van der Waals surface area (Å²) in [6, 6.07) is 21.6. The zero-order chi connectivity index (χ0) is 29.1. The van der Waals surface area contributed by atoms with Gasteiger partial charge in [-0.3, -0.25) is 14.9 Å². The van der Waals surface area contributed by atoms with Crippen molar-refractivity contribution in [3.05, 3.63) is 110 Å². The molecule has 0 saturated carbocycles. The summed E-state index contributed by atoms with van der Waals surface area (Å²) >= 11 is 8.83. The van der Waals surface area contributed by atoms with Crippen LogP contribution in [0.4, 0.5) is 16.4 Å². The SMILES string of the molecule is CC(C)(C)[C@@H]1CCc2c(sc(N=Cc3ccc(Sc4ccc(Cl)cc4)c([N+](=O)[O-])c3)c2C(=O)Nc2ccccc2)C1. The van der Waals surface area contributed by atoms with Crippen LogP contribution in [0.3, 0.4) is 0 Å². The van der Waals surface area contributed by atoms with E-state index in [0.29, 0.717) is 32.0 Å². The van der Waals surface area contributed by atoms with E-state index in [1.807, 2.05) is 48.5 Å². The average molecular weight is 604 g/mol. The number of hydrogen-bond acceptors (Lipinski definition) is 6. The fraction of sp³-hybridized carbons (Fsp3) is 0.250. The first-order valence-corrected chi connectivity index (χ1v) is 15.4. The maximum absolute atomic E-state index is 13.6. The summed E-state index contributed by atoms with van der Waals surface area (Å²) in [5.41, 5.74) is 3.14. The molecule has 1 aromatic heterocycles. The number of fused-ring (bicyclic) bond motifs is 1. The molecule has 1 atom stereocenters. The molecule has 1 amide bonds. The van der Waals surface area contributed by atoms with Gasteiger partial charge in [0.15, 0.2) is 0 Å². The van der Waals surface area contributed by atoms with Gasteiger partial charge in [-0.2, -0.15) is 0 Å². The predicted octanol–water partition coefficient (Wildman–Crippen LogP) is 9.61. The molecular weight excluding hydrogens is 574 g/mol. The van der Waals surface area contributed by atoms with Crippen molar-refractivity contribution in [2.75, 3.05) is 5.32 Å². The number of nitrogens with one attached hydrogen (secondary N) is 1. The zero-order valence-corrected chi connectivity index (χ0v) is 25.4. The molecule has 0 saturated heterocycles. The van der Waals surface area contributed by atoms with Crippen LogP contribution >= 0.6 is 34.7 Å². The lowest BCUT2D eigenvalue weighted by molar-refractivity contribution is -0.387. The minimum atomic E-state index is -0.384. The van der Waals surface area contributed by atoms with Crippen LogP contribution in [-0.2, 0) is 12.8 Å². The second-order valence-electron chi connectivity index (χ2n) is 11.1. The quantitative estimate of drug-likeness (QED) is 0.129. The number of halogens is 1. The molecule has 0 bridgehead atoms. The van der Waals surface area contributed by atoms with Crippen LogP contribution in [-0.4, -0.2) is 17.0 Å². The standard InChI is InChI=1S/C32H30ClN3O3S2/c1-32(2,3)21-10-15-25-28(18-21)41-31(29(25)30(37)35-23-7-5-4-6-8-23)34-19-20-9-16-27(26(17-20)36(38)39)40-24-13-11-22(33)12-14-24/h4-9,11-14,16-17,19,21H,10,15,18H2,1-3H3,(H,35,37)/t21-/m1/s1. The number of nitrogens with zero attached hydrogens (tertiary/aromatic N) is 2. The Morgan fingerprint density at radius 3 is 2.54 bits per heavy atom. The highest BCUT2D eigenvalue weighted by Crippen LogP contribution is 2.45. The van der Waals surface area contributed by atoms with Crippen molar-refractivity contribution in [3.63, 3.8) is 0 Å². The molecule has 0 aliphatic heterocycles. The van der Waals surface area contributed by atoms with Crippen LogP contribution < -0.4 is 5.32 Å². The van der Waals surface area contributed by atoms with Crippen molar-refractivity contribution in [1.82, 2.24) is 0 Å². The summed E-state index contributed by atoms with van der Waals surface area (Å²) in [6.45, 7) is 6.79. The fourth-order valence-corrected chi connectivity index (χ4v) is 7.25. The molecule has 41 heavy (non-hydrogen) atoms. The second kappa shape index (κ2) is 12.2. The third-order valence-corrected chi connectivity index (χ3v) is 9.77. The van der Waals surface area contributed by atoms with E-state index in [-0.39, 0.29) is 21.9 Å². The van der Waals surface area contributed by atoms with Gasteiger partial charge in [-0.1, -0.05) is 68.4 Å². The van der Waals surface area contributed by atoms with Crippen LogP contribution in [0.1, 0.15) is 53.6 Å². The lowest BCUT2D eigenvalue weighted by Crippen LogP contribution is -2.27. The van der Waals surface area contributed by atoms with Crippen LogP contribution in [0.5, 0.6) is 0 Å². The van der Waals surface area contributed by atoms with Crippen LogP contribution in [0, 0.1) is 21.4 Å².